The Morgan fingerprint density at radius 1 is 0.938 bits per heavy atom. The van der Waals surface area contributed by atoms with Crippen molar-refractivity contribution >= 4 is 11.0 Å². The van der Waals surface area contributed by atoms with Gasteiger partial charge in [0.25, 0.3) is 0 Å². The SMILES string of the molecule is Cn1cnc2ccc(-c3ccccc3)cc21. The van der Waals surface area contributed by atoms with Gasteiger partial charge in [-0.25, -0.2) is 4.98 Å². The largest absolute Gasteiger partial charge is 0.334 e. The number of aryl methyl sites for hydroxylation is 1. The minimum atomic E-state index is 1.04. The third-order valence-corrected chi connectivity index (χ3v) is 2.83. The van der Waals surface area contributed by atoms with Gasteiger partial charge in [0.05, 0.1) is 17.4 Å². The van der Waals surface area contributed by atoms with Gasteiger partial charge in [-0.3, -0.25) is 0 Å². The topological polar surface area (TPSA) is 17.8 Å². The van der Waals surface area contributed by atoms with E-state index in [2.05, 4.69) is 47.4 Å². The molecule has 2 heteroatoms. The molecule has 78 valence electrons. The Kier molecular flexibility index (Phi) is 2.00. The van der Waals surface area contributed by atoms with Crippen LogP contribution in [0.15, 0.2) is 54.9 Å². The maximum Gasteiger partial charge on any atom is 0.0955 e. The van der Waals surface area contributed by atoms with Gasteiger partial charge in [-0.1, -0.05) is 36.4 Å². The number of nitrogens with zero attached hydrogens (tertiary/aromatic N) is 2. The summed E-state index contributed by atoms with van der Waals surface area (Å²) >= 11 is 0. The summed E-state index contributed by atoms with van der Waals surface area (Å²) in [6.45, 7) is 0. The van der Waals surface area contributed by atoms with Gasteiger partial charge >= 0.3 is 0 Å². The first kappa shape index (κ1) is 9.16. The second kappa shape index (κ2) is 3.49. The summed E-state index contributed by atoms with van der Waals surface area (Å²) in [6.07, 6.45) is 1.85. The van der Waals surface area contributed by atoms with E-state index in [0.29, 0.717) is 0 Å². The molecule has 16 heavy (non-hydrogen) atoms. The molecule has 0 N–H and O–H groups in total. The minimum absolute atomic E-state index is 1.04. The molecule has 0 bridgehead atoms. The van der Waals surface area contributed by atoms with Gasteiger partial charge in [0.1, 0.15) is 0 Å². The molecule has 3 rings (SSSR count). The first-order valence-electron chi connectivity index (χ1n) is 5.31. The first-order chi connectivity index (χ1) is 7.84. The summed E-state index contributed by atoms with van der Waals surface area (Å²) in [5, 5.41) is 0. The van der Waals surface area contributed by atoms with Crippen LogP contribution in [0.5, 0.6) is 0 Å². The van der Waals surface area contributed by atoms with Crippen LogP contribution in [-0.2, 0) is 7.05 Å². The van der Waals surface area contributed by atoms with Gasteiger partial charge in [-0.05, 0) is 23.3 Å². The van der Waals surface area contributed by atoms with Crippen molar-refractivity contribution in [2.75, 3.05) is 0 Å². The molecule has 0 saturated carbocycles. The van der Waals surface area contributed by atoms with E-state index < -0.39 is 0 Å². The van der Waals surface area contributed by atoms with Crippen molar-refractivity contribution in [3.05, 3.63) is 54.9 Å². The molecule has 0 fully saturated rings. The van der Waals surface area contributed by atoms with E-state index in [1.165, 1.54) is 16.6 Å². The molecule has 0 aliphatic heterocycles. The molecule has 1 aromatic heterocycles. The Bertz CT molecular complexity index is 624. The summed E-state index contributed by atoms with van der Waals surface area (Å²) in [5.41, 5.74) is 4.69. The summed E-state index contributed by atoms with van der Waals surface area (Å²) < 4.78 is 2.04. The number of benzene rings is 2. The van der Waals surface area contributed by atoms with E-state index in [9.17, 15) is 0 Å². The van der Waals surface area contributed by atoms with Crippen molar-refractivity contribution in [3.8, 4) is 11.1 Å². The standard InChI is InChI=1S/C14H12N2/c1-16-10-15-13-8-7-12(9-14(13)16)11-5-3-2-4-6-11/h2-10H,1H3. The molecule has 0 aliphatic rings. The van der Waals surface area contributed by atoms with E-state index in [1.54, 1.807) is 0 Å². The smallest absolute Gasteiger partial charge is 0.0955 e. The lowest BCUT2D eigenvalue weighted by Crippen LogP contribution is -1.84. The normalized spacial score (nSPS) is 10.8. The highest BCUT2D eigenvalue weighted by molar-refractivity contribution is 5.82. The van der Waals surface area contributed by atoms with Crippen LogP contribution in [0.1, 0.15) is 0 Å². The Hall–Kier alpha value is -2.09. The molecule has 0 spiro atoms. The number of hydrogen-bond acceptors (Lipinski definition) is 1. The third-order valence-electron chi connectivity index (χ3n) is 2.83. The van der Waals surface area contributed by atoms with E-state index in [0.717, 1.165) is 5.52 Å². The third kappa shape index (κ3) is 1.39. The molecule has 0 unspecified atom stereocenters. The number of imidazole rings is 1. The predicted molar refractivity (Wildman–Crippen MR) is 66.2 cm³/mol. The Morgan fingerprint density at radius 3 is 2.56 bits per heavy atom. The lowest BCUT2D eigenvalue weighted by Gasteiger charge is -2.02. The monoisotopic (exact) mass is 208 g/mol. The molecule has 2 aromatic carbocycles. The fraction of sp³-hybridized carbons (Fsp3) is 0.0714. The first-order valence-corrected chi connectivity index (χ1v) is 5.31. The van der Waals surface area contributed by atoms with Crippen molar-refractivity contribution < 1.29 is 0 Å². The van der Waals surface area contributed by atoms with Crippen molar-refractivity contribution in [1.29, 1.82) is 0 Å². The van der Waals surface area contributed by atoms with Crippen LogP contribution in [-0.4, -0.2) is 9.55 Å². The zero-order valence-electron chi connectivity index (χ0n) is 9.09. The summed E-state index contributed by atoms with van der Waals surface area (Å²) in [7, 11) is 2.02. The Morgan fingerprint density at radius 2 is 1.75 bits per heavy atom. The van der Waals surface area contributed by atoms with Crippen LogP contribution in [0.2, 0.25) is 0 Å². The van der Waals surface area contributed by atoms with Gasteiger partial charge in [0.15, 0.2) is 0 Å². The van der Waals surface area contributed by atoms with Crippen molar-refractivity contribution in [2.24, 2.45) is 7.05 Å². The quantitative estimate of drug-likeness (QED) is 0.600. The van der Waals surface area contributed by atoms with Crippen LogP contribution in [0, 0.1) is 0 Å². The van der Waals surface area contributed by atoms with Gasteiger partial charge in [0.2, 0.25) is 0 Å². The molecule has 0 saturated heterocycles. The van der Waals surface area contributed by atoms with Crippen LogP contribution in [0.4, 0.5) is 0 Å². The lowest BCUT2D eigenvalue weighted by atomic mass is 10.1. The van der Waals surface area contributed by atoms with Crippen molar-refractivity contribution in [1.82, 2.24) is 9.55 Å². The second-order valence-corrected chi connectivity index (χ2v) is 3.92. The van der Waals surface area contributed by atoms with Crippen molar-refractivity contribution in [2.45, 2.75) is 0 Å². The zero-order chi connectivity index (χ0) is 11.0. The second-order valence-electron chi connectivity index (χ2n) is 3.92. The predicted octanol–water partition coefficient (Wildman–Crippen LogP) is 3.24. The molecule has 1 heterocycles. The molecule has 2 nitrogen and oxygen atoms in total. The van der Waals surface area contributed by atoms with Crippen molar-refractivity contribution in [3.63, 3.8) is 0 Å². The highest BCUT2D eigenvalue weighted by Crippen LogP contribution is 2.23. The van der Waals surface area contributed by atoms with Crippen LogP contribution < -0.4 is 0 Å². The summed E-state index contributed by atoms with van der Waals surface area (Å²) in [5.74, 6) is 0. The van der Waals surface area contributed by atoms with E-state index >= 15 is 0 Å². The number of hydrogen-bond donors (Lipinski definition) is 0. The molecule has 0 amide bonds. The maximum atomic E-state index is 4.32. The van der Waals surface area contributed by atoms with Crippen LogP contribution >= 0.6 is 0 Å². The van der Waals surface area contributed by atoms with Crippen LogP contribution in [0.3, 0.4) is 0 Å². The number of rotatable bonds is 1. The lowest BCUT2D eigenvalue weighted by molar-refractivity contribution is 0.948. The van der Waals surface area contributed by atoms with Gasteiger partial charge in [-0.2, -0.15) is 0 Å². The maximum absolute atomic E-state index is 4.32. The molecular formula is C14H12N2. The number of aromatic nitrogens is 2. The highest BCUT2D eigenvalue weighted by Gasteiger charge is 2.02. The molecule has 0 aliphatic carbocycles. The van der Waals surface area contributed by atoms with E-state index in [-0.39, 0.29) is 0 Å². The molecule has 3 aromatic rings. The minimum Gasteiger partial charge on any atom is -0.334 e. The average Bonchev–Trinajstić information content (AvgIpc) is 2.72. The van der Waals surface area contributed by atoms with Crippen LogP contribution in [0.25, 0.3) is 22.2 Å². The fourth-order valence-electron chi connectivity index (χ4n) is 1.94. The molecular weight excluding hydrogens is 196 g/mol. The Labute approximate surface area is 94.2 Å². The summed E-state index contributed by atoms with van der Waals surface area (Å²) in [4.78, 5) is 4.32. The summed E-state index contributed by atoms with van der Waals surface area (Å²) in [6, 6.07) is 16.8. The molecule has 0 atom stereocenters. The highest BCUT2D eigenvalue weighted by atomic mass is 15.0. The fourth-order valence-corrected chi connectivity index (χ4v) is 1.94. The van der Waals surface area contributed by atoms with E-state index in [4.69, 9.17) is 0 Å². The van der Waals surface area contributed by atoms with Gasteiger partial charge in [-0.15, -0.1) is 0 Å². The Balaban J connectivity index is 2.22. The van der Waals surface area contributed by atoms with E-state index in [1.807, 2.05) is 24.0 Å². The number of fused-ring (bicyclic) bond motifs is 1. The molecule has 0 radical (unpaired) electrons. The average molecular weight is 208 g/mol. The van der Waals surface area contributed by atoms with Gasteiger partial charge < -0.3 is 4.57 Å². The van der Waals surface area contributed by atoms with Gasteiger partial charge in [0, 0.05) is 7.05 Å². The zero-order valence-corrected chi connectivity index (χ0v) is 9.09.